The molecule has 0 saturated carbocycles. The number of aryl methyl sites for hydroxylation is 1. The molecule has 0 radical (unpaired) electrons. The minimum Gasteiger partial charge on any atom is -0.492 e. The van der Waals surface area contributed by atoms with Crippen molar-refractivity contribution >= 4 is 29.9 Å². The Bertz CT molecular complexity index is 667. The Morgan fingerprint density at radius 3 is 2.62 bits per heavy atom. The van der Waals surface area contributed by atoms with Crippen molar-refractivity contribution < 1.29 is 4.74 Å². The van der Waals surface area contributed by atoms with Crippen LogP contribution in [0.25, 0.3) is 0 Å². The van der Waals surface area contributed by atoms with Crippen molar-refractivity contribution in [1.82, 2.24) is 20.2 Å². The van der Waals surface area contributed by atoms with E-state index in [2.05, 4.69) is 45.9 Å². The summed E-state index contributed by atoms with van der Waals surface area (Å²) in [4.78, 5) is 8.65. The molecule has 26 heavy (non-hydrogen) atoms. The topological polar surface area (TPSA) is 63.5 Å². The highest BCUT2D eigenvalue weighted by Gasteiger charge is 2.05. The van der Waals surface area contributed by atoms with Gasteiger partial charge in [0.2, 0.25) is 0 Å². The number of aliphatic imine (C=N–C) groups is 1. The van der Waals surface area contributed by atoms with E-state index in [1.54, 1.807) is 7.05 Å². The van der Waals surface area contributed by atoms with E-state index in [4.69, 9.17) is 4.74 Å². The molecule has 2 aromatic rings. The van der Waals surface area contributed by atoms with E-state index in [0.717, 1.165) is 24.1 Å². The SMILES string of the molecule is CN=C(NCCOc1ccc(C)cc1)NCc1nccn1CC(C)C.I. The van der Waals surface area contributed by atoms with Crippen molar-refractivity contribution in [3.05, 3.63) is 48.0 Å². The number of hydrogen-bond donors (Lipinski definition) is 2. The van der Waals surface area contributed by atoms with Crippen LogP contribution in [0, 0.1) is 12.8 Å². The third kappa shape index (κ3) is 7.63. The van der Waals surface area contributed by atoms with Crippen LogP contribution < -0.4 is 15.4 Å². The molecule has 1 heterocycles. The van der Waals surface area contributed by atoms with Gasteiger partial charge in [-0.2, -0.15) is 0 Å². The second-order valence-corrected chi connectivity index (χ2v) is 6.40. The first-order valence-corrected chi connectivity index (χ1v) is 8.72. The second-order valence-electron chi connectivity index (χ2n) is 6.40. The minimum atomic E-state index is 0. The first kappa shape index (κ1) is 22.3. The van der Waals surface area contributed by atoms with E-state index in [1.165, 1.54) is 5.56 Å². The Hall–Kier alpha value is -1.77. The van der Waals surface area contributed by atoms with Crippen molar-refractivity contribution in [2.24, 2.45) is 10.9 Å². The summed E-state index contributed by atoms with van der Waals surface area (Å²) in [7, 11) is 1.76. The lowest BCUT2D eigenvalue weighted by molar-refractivity contribution is 0.322. The summed E-state index contributed by atoms with van der Waals surface area (Å²) in [6.07, 6.45) is 3.85. The zero-order valence-corrected chi connectivity index (χ0v) is 18.4. The fourth-order valence-electron chi connectivity index (χ4n) is 2.42. The van der Waals surface area contributed by atoms with E-state index in [1.807, 2.05) is 36.7 Å². The van der Waals surface area contributed by atoms with Gasteiger partial charge in [0.25, 0.3) is 0 Å². The number of rotatable bonds is 8. The van der Waals surface area contributed by atoms with Crippen molar-refractivity contribution in [2.75, 3.05) is 20.2 Å². The largest absolute Gasteiger partial charge is 0.492 e. The molecule has 0 saturated heterocycles. The highest BCUT2D eigenvalue weighted by atomic mass is 127. The van der Waals surface area contributed by atoms with Gasteiger partial charge in [0.05, 0.1) is 13.1 Å². The highest BCUT2D eigenvalue weighted by molar-refractivity contribution is 14.0. The van der Waals surface area contributed by atoms with Crippen molar-refractivity contribution in [1.29, 1.82) is 0 Å². The van der Waals surface area contributed by atoms with Crippen LogP contribution in [0.3, 0.4) is 0 Å². The van der Waals surface area contributed by atoms with E-state index in [0.29, 0.717) is 25.6 Å². The Labute approximate surface area is 173 Å². The molecule has 2 N–H and O–H groups in total. The molecular formula is C19H30IN5O. The number of guanidine groups is 1. The van der Waals surface area contributed by atoms with E-state index in [-0.39, 0.29) is 24.0 Å². The maximum absolute atomic E-state index is 5.71. The van der Waals surface area contributed by atoms with Crippen LogP contribution in [0.2, 0.25) is 0 Å². The average Bonchev–Trinajstić information content (AvgIpc) is 3.02. The molecule has 0 bridgehead atoms. The maximum atomic E-state index is 5.71. The molecule has 0 aliphatic carbocycles. The number of benzene rings is 1. The van der Waals surface area contributed by atoms with E-state index >= 15 is 0 Å². The second kappa shape index (κ2) is 11.8. The number of nitrogens with zero attached hydrogens (tertiary/aromatic N) is 3. The lowest BCUT2D eigenvalue weighted by Gasteiger charge is -2.14. The summed E-state index contributed by atoms with van der Waals surface area (Å²) in [6.45, 7) is 9.32. The van der Waals surface area contributed by atoms with Gasteiger partial charge in [-0.05, 0) is 25.0 Å². The Kier molecular flexibility index (Phi) is 10.1. The van der Waals surface area contributed by atoms with Gasteiger partial charge in [-0.25, -0.2) is 4.98 Å². The number of hydrogen-bond acceptors (Lipinski definition) is 3. The molecule has 1 aromatic carbocycles. The van der Waals surface area contributed by atoms with Gasteiger partial charge in [0, 0.05) is 26.0 Å². The minimum absolute atomic E-state index is 0. The van der Waals surface area contributed by atoms with E-state index < -0.39 is 0 Å². The molecule has 7 heteroatoms. The smallest absolute Gasteiger partial charge is 0.191 e. The maximum Gasteiger partial charge on any atom is 0.191 e. The first-order valence-electron chi connectivity index (χ1n) is 8.72. The quantitative estimate of drug-likeness (QED) is 0.269. The molecule has 6 nitrogen and oxygen atoms in total. The lowest BCUT2D eigenvalue weighted by Crippen LogP contribution is -2.39. The summed E-state index contributed by atoms with van der Waals surface area (Å²) in [6, 6.07) is 8.05. The van der Waals surface area contributed by atoms with Crippen LogP contribution in [0.1, 0.15) is 25.2 Å². The predicted octanol–water partition coefficient (Wildman–Crippen LogP) is 3.21. The molecule has 0 unspecified atom stereocenters. The molecule has 0 aliphatic heterocycles. The van der Waals surface area contributed by atoms with Crippen molar-refractivity contribution in [3.8, 4) is 5.75 Å². The summed E-state index contributed by atoms with van der Waals surface area (Å²) < 4.78 is 7.88. The molecule has 0 atom stereocenters. The first-order chi connectivity index (χ1) is 12.1. The van der Waals surface area contributed by atoms with Gasteiger partial charge in [0.15, 0.2) is 5.96 Å². The molecule has 2 rings (SSSR count). The normalized spacial score (nSPS) is 11.2. The molecule has 0 aliphatic rings. The van der Waals surface area contributed by atoms with Crippen LogP contribution in [0.5, 0.6) is 5.75 Å². The average molecular weight is 471 g/mol. The summed E-state index contributed by atoms with van der Waals surface area (Å²) >= 11 is 0. The number of ether oxygens (including phenoxy) is 1. The standard InChI is InChI=1S/C19H29N5O.HI/c1-15(2)14-24-11-9-21-18(24)13-23-19(20-4)22-10-12-25-17-7-5-16(3)6-8-17;/h5-9,11,15H,10,12-14H2,1-4H3,(H2,20,22,23);1H. The highest BCUT2D eigenvalue weighted by Crippen LogP contribution is 2.10. The molecule has 0 fully saturated rings. The van der Waals surface area contributed by atoms with Crippen molar-refractivity contribution in [3.63, 3.8) is 0 Å². The molecular weight excluding hydrogens is 441 g/mol. The predicted molar refractivity (Wildman–Crippen MR) is 117 cm³/mol. The van der Waals surface area contributed by atoms with Crippen LogP contribution >= 0.6 is 24.0 Å². The van der Waals surface area contributed by atoms with Crippen molar-refractivity contribution in [2.45, 2.75) is 33.9 Å². The fraction of sp³-hybridized carbons (Fsp3) is 0.474. The van der Waals surface area contributed by atoms with Gasteiger partial charge in [-0.3, -0.25) is 4.99 Å². The van der Waals surface area contributed by atoms with Crippen LogP contribution in [-0.4, -0.2) is 35.7 Å². The Morgan fingerprint density at radius 2 is 1.96 bits per heavy atom. The number of imidazole rings is 1. The zero-order valence-electron chi connectivity index (χ0n) is 16.0. The monoisotopic (exact) mass is 471 g/mol. The van der Waals surface area contributed by atoms with E-state index in [9.17, 15) is 0 Å². The zero-order chi connectivity index (χ0) is 18.1. The van der Waals surface area contributed by atoms with Gasteiger partial charge in [0.1, 0.15) is 18.2 Å². The molecule has 144 valence electrons. The van der Waals surface area contributed by atoms with Gasteiger partial charge >= 0.3 is 0 Å². The summed E-state index contributed by atoms with van der Waals surface area (Å²) in [5.41, 5.74) is 1.23. The molecule has 1 aromatic heterocycles. The number of halogens is 1. The Balaban J connectivity index is 0.00000338. The van der Waals surface area contributed by atoms with Crippen LogP contribution in [0.4, 0.5) is 0 Å². The summed E-state index contributed by atoms with van der Waals surface area (Å²) in [5, 5.41) is 6.54. The third-order valence-corrected chi connectivity index (χ3v) is 3.69. The van der Waals surface area contributed by atoms with Gasteiger partial charge < -0.3 is 19.9 Å². The number of aromatic nitrogens is 2. The molecule has 0 spiro atoms. The van der Waals surface area contributed by atoms with Gasteiger partial charge in [-0.1, -0.05) is 31.5 Å². The fourth-order valence-corrected chi connectivity index (χ4v) is 2.42. The lowest BCUT2D eigenvalue weighted by atomic mass is 10.2. The number of nitrogens with one attached hydrogen (secondary N) is 2. The molecule has 0 amide bonds. The van der Waals surface area contributed by atoms with Gasteiger partial charge in [-0.15, -0.1) is 24.0 Å². The third-order valence-electron chi connectivity index (χ3n) is 3.69. The van der Waals surface area contributed by atoms with Crippen LogP contribution in [-0.2, 0) is 13.1 Å². The summed E-state index contributed by atoms with van der Waals surface area (Å²) in [5.74, 6) is 3.22. The van der Waals surface area contributed by atoms with Crippen LogP contribution in [0.15, 0.2) is 41.7 Å². The Morgan fingerprint density at radius 1 is 1.23 bits per heavy atom.